The van der Waals surface area contributed by atoms with Gasteiger partial charge in [0, 0.05) is 0 Å². The maximum atomic E-state index is 9.72. The van der Waals surface area contributed by atoms with Crippen molar-refractivity contribution < 1.29 is 5.11 Å². The monoisotopic (exact) mass is 156 g/mol. The van der Waals surface area contributed by atoms with Gasteiger partial charge in [0.2, 0.25) is 0 Å². The summed E-state index contributed by atoms with van der Waals surface area (Å²) in [7, 11) is 0. The van der Waals surface area contributed by atoms with E-state index in [-0.39, 0.29) is 6.10 Å². The normalized spacial score (nSPS) is 33.8. The zero-order valence-electron chi connectivity index (χ0n) is 7.71. The molecule has 1 rings (SSSR count). The number of hydrogen-bond donors (Lipinski definition) is 1. The molecule has 1 unspecified atom stereocenters. The molecule has 0 saturated heterocycles. The summed E-state index contributed by atoms with van der Waals surface area (Å²) in [4.78, 5) is 0. The molecule has 1 saturated carbocycles. The molecule has 0 spiro atoms. The summed E-state index contributed by atoms with van der Waals surface area (Å²) in [5.74, 6) is 1.22. The maximum Gasteiger partial charge on any atom is 0.0570 e. The predicted molar refractivity (Wildman–Crippen MR) is 47.4 cm³/mol. The van der Waals surface area contributed by atoms with Gasteiger partial charge in [-0.1, -0.05) is 33.1 Å². The summed E-state index contributed by atoms with van der Waals surface area (Å²) in [6, 6.07) is 0. The Morgan fingerprint density at radius 2 is 1.73 bits per heavy atom. The second-order valence-corrected chi connectivity index (χ2v) is 4.11. The highest BCUT2D eigenvalue weighted by Gasteiger charge is 2.23. The highest BCUT2D eigenvalue weighted by atomic mass is 16.3. The molecule has 0 radical (unpaired) electrons. The zero-order valence-corrected chi connectivity index (χ0v) is 7.71. The van der Waals surface area contributed by atoms with Crippen molar-refractivity contribution in [1.29, 1.82) is 0 Å². The fourth-order valence-electron chi connectivity index (χ4n) is 2.09. The molecule has 11 heavy (non-hydrogen) atoms. The van der Waals surface area contributed by atoms with E-state index in [1.165, 1.54) is 25.7 Å². The van der Waals surface area contributed by atoms with Crippen LogP contribution in [0.25, 0.3) is 0 Å². The largest absolute Gasteiger partial charge is 0.393 e. The molecule has 2 atom stereocenters. The topological polar surface area (TPSA) is 20.2 Å². The van der Waals surface area contributed by atoms with Crippen LogP contribution >= 0.6 is 0 Å². The molecule has 1 heteroatoms. The third-order valence-corrected chi connectivity index (χ3v) is 2.89. The summed E-state index contributed by atoms with van der Waals surface area (Å²) in [6.07, 6.45) is 6.12. The lowest BCUT2D eigenvalue weighted by atomic mass is 9.87. The molecular weight excluding hydrogens is 136 g/mol. The van der Waals surface area contributed by atoms with E-state index in [0.29, 0.717) is 11.8 Å². The van der Waals surface area contributed by atoms with Gasteiger partial charge in [-0.2, -0.15) is 0 Å². The summed E-state index contributed by atoms with van der Waals surface area (Å²) >= 11 is 0. The van der Waals surface area contributed by atoms with Gasteiger partial charge in [0.15, 0.2) is 0 Å². The van der Waals surface area contributed by atoms with Crippen molar-refractivity contribution in [1.82, 2.24) is 0 Å². The van der Waals surface area contributed by atoms with Gasteiger partial charge in [-0.3, -0.25) is 0 Å². The second kappa shape index (κ2) is 4.10. The van der Waals surface area contributed by atoms with Crippen LogP contribution in [0.3, 0.4) is 0 Å². The SMILES string of the molecule is CC(C)C1CCCCC[C@@H]1O. The minimum absolute atomic E-state index is 0.0162. The van der Waals surface area contributed by atoms with Crippen molar-refractivity contribution in [3.05, 3.63) is 0 Å². The van der Waals surface area contributed by atoms with Crippen LogP contribution in [0, 0.1) is 11.8 Å². The molecule has 1 fully saturated rings. The summed E-state index contributed by atoms with van der Waals surface area (Å²) in [6.45, 7) is 4.44. The van der Waals surface area contributed by atoms with Crippen LogP contribution in [0.1, 0.15) is 46.0 Å². The fourth-order valence-corrected chi connectivity index (χ4v) is 2.09. The summed E-state index contributed by atoms with van der Waals surface area (Å²) in [5, 5.41) is 9.72. The predicted octanol–water partition coefficient (Wildman–Crippen LogP) is 2.58. The van der Waals surface area contributed by atoms with Crippen LogP contribution in [-0.2, 0) is 0 Å². The molecule has 0 aliphatic heterocycles. The van der Waals surface area contributed by atoms with Crippen LogP contribution in [0.5, 0.6) is 0 Å². The molecule has 0 aromatic rings. The first-order chi connectivity index (χ1) is 5.22. The van der Waals surface area contributed by atoms with Crippen LogP contribution in [0.2, 0.25) is 0 Å². The molecule has 1 nitrogen and oxygen atoms in total. The number of aliphatic hydroxyl groups is 1. The molecule has 1 aliphatic rings. The van der Waals surface area contributed by atoms with Gasteiger partial charge in [0.05, 0.1) is 6.10 Å². The quantitative estimate of drug-likeness (QED) is 0.578. The minimum Gasteiger partial charge on any atom is -0.393 e. The van der Waals surface area contributed by atoms with Crippen LogP contribution < -0.4 is 0 Å². The van der Waals surface area contributed by atoms with Gasteiger partial charge >= 0.3 is 0 Å². The van der Waals surface area contributed by atoms with Gasteiger partial charge in [-0.05, 0) is 24.7 Å². The minimum atomic E-state index is -0.0162. The Labute approximate surface area is 69.8 Å². The lowest BCUT2D eigenvalue weighted by molar-refractivity contribution is 0.0755. The Morgan fingerprint density at radius 3 is 2.36 bits per heavy atom. The van der Waals surface area contributed by atoms with Crippen molar-refractivity contribution in [3.63, 3.8) is 0 Å². The first-order valence-electron chi connectivity index (χ1n) is 4.90. The van der Waals surface area contributed by atoms with Crippen molar-refractivity contribution >= 4 is 0 Å². The first kappa shape index (κ1) is 9.05. The Bertz CT molecular complexity index is 109. The van der Waals surface area contributed by atoms with E-state index in [0.717, 1.165) is 6.42 Å². The van der Waals surface area contributed by atoms with E-state index in [1.807, 2.05) is 0 Å². The van der Waals surface area contributed by atoms with Gasteiger partial charge in [0.25, 0.3) is 0 Å². The van der Waals surface area contributed by atoms with Crippen molar-refractivity contribution in [2.45, 2.75) is 52.1 Å². The van der Waals surface area contributed by atoms with Crippen LogP contribution in [0.4, 0.5) is 0 Å². The Balaban J connectivity index is 2.45. The molecule has 1 aliphatic carbocycles. The standard InChI is InChI=1S/C10H20O/c1-8(2)9-6-4-3-5-7-10(9)11/h8-11H,3-7H2,1-2H3/t9?,10-/m0/s1. The average molecular weight is 156 g/mol. The van der Waals surface area contributed by atoms with Gasteiger partial charge in [-0.15, -0.1) is 0 Å². The molecule has 0 bridgehead atoms. The smallest absolute Gasteiger partial charge is 0.0570 e. The van der Waals surface area contributed by atoms with Crippen molar-refractivity contribution in [2.75, 3.05) is 0 Å². The van der Waals surface area contributed by atoms with E-state index < -0.39 is 0 Å². The highest BCUT2D eigenvalue weighted by Crippen LogP contribution is 2.28. The number of hydrogen-bond acceptors (Lipinski definition) is 1. The van der Waals surface area contributed by atoms with Crippen molar-refractivity contribution in [2.24, 2.45) is 11.8 Å². The van der Waals surface area contributed by atoms with E-state index in [2.05, 4.69) is 13.8 Å². The first-order valence-corrected chi connectivity index (χ1v) is 4.90. The van der Waals surface area contributed by atoms with E-state index in [9.17, 15) is 5.11 Å². The molecular formula is C10H20O. The van der Waals surface area contributed by atoms with Gasteiger partial charge < -0.3 is 5.11 Å². The maximum absolute atomic E-state index is 9.72. The fraction of sp³-hybridized carbons (Fsp3) is 1.00. The lowest BCUT2D eigenvalue weighted by Crippen LogP contribution is -2.23. The van der Waals surface area contributed by atoms with Crippen LogP contribution in [-0.4, -0.2) is 11.2 Å². The Kier molecular flexibility index (Phi) is 3.38. The Morgan fingerprint density at radius 1 is 1.09 bits per heavy atom. The molecule has 66 valence electrons. The zero-order chi connectivity index (χ0) is 8.27. The highest BCUT2D eigenvalue weighted by molar-refractivity contribution is 4.74. The molecule has 1 N–H and O–H groups in total. The van der Waals surface area contributed by atoms with E-state index >= 15 is 0 Å². The average Bonchev–Trinajstić information content (AvgIpc) is 2.13. The lowest BCUT2D eigenvalue weighted by Gasteiger charge is -2.23. The van der Waals surface area contributed by atoms with E-state index in [4.69, 9.17) is 0 Å². The third-order valence-electron chi connectivity index (χ3n) is 2.89. The molecule has 0 heterocycles. The van der Waals surface area contributed by atoms with Crippen molar-refractivity contribution in [3.8, 4) is 0 Å². The summed E-state index contributed by atoms with van der Waals surface area (Å²) in [5.41, 5.74) is 0. The van der Waals surface area contributed by atoms with E-state index in [1.54, 1.807) is 0 Å². The second-order valence-electron chi connectivity index (χ2n) is 4.11. The number of aliphatic hydroxyl groups excluding tert-OH is 1. The van der Waals surface area contributed by atoms with Crippen LogP contribution in [0.15, 0.2) is 0 Å². The van der Waals surface area contributed by atoms with Gasteiger partial charge in [0.1, 0.15) is 0 Å². The van der Waals surface area contributed by atoms with Gasteiger partial charge in [-0.25, -0.2) is 0 Å². The summed E-state index contributed by atoms with van der Waals surface area (Å²) < 4.78 is 0. The third kappa shape index (κ3) is 2.48. The molecule has 0 amide bonds. The Hall–Kier alpha value is -0.0400. The molecule has 0 aromatic heterocycles. The molecule has 0 aromatic carbocycles. The number of rotatable bonds is 1.